The molecule has 0 bridgehead atoms. The molecule has 0 aliphatic carbocycles. The number of rotatable bonds is 1. The highest BCUT2D eigenvalue weighted by atomic mass is 35.5. The summed E-state index contributed by atoms with van der Waals surface area (Å²) in [5.41, 5.74) is 1.79. The van der Waals surface area contributed by atoms with Crippen molar-refractivity contribution in [2.75, 3.05) is 6.61 Å². The van der Waals surface area contributed by atoms with E-state index in [9.17, 15) is 0 Å². The lowest BCUT2D eigenvalue weighted by molar-refractivity contribution is 0.335. The zero-order valence-corrected chi connectivity index (χ0v) is 4.07. The Hall–Kier alpha value is -0.0100. The van der Waals surface area contributed by atoms with Crippen molar-refractivity contribution in [2.24, 2.45) is 0 Å². The summed E-state index contributed by atoms with van der Waals surface area (Å²) < 4.78 is 0. The zero-order valence-electron chi connectivity index (χ0n) is 3.32. The van der Waals surface area contributed by atoms with E-state index in [4.69, 9.17) is 16.7 Å². The maximum atomic E-state index is 8.12. The molecule has 0 atom stereocenters. The first-order valence-electron chi connectivity index (χ1n) is 1.53. The molecule has 0 amide bonds. The molecule has 0 aromatic rings. The quantitative estimate of drug-likeness (QED) is 0.526. The number of aliphatic hydroxyl groups is 1. The Morgan fingerprint density at radius 3 is 2.50 bits per heavy atom. The van der Waals surface area contributed by atoms with E-state index in [-0.39, 0.29) is 6.61 Å². The van der Waals surface area contributed by atoms with Crippen LogP contribution in [0.3, 0.4) is 0 Å². The summed E-state index contributed by atoms with van der Waals surface area (Å²) in [7, 11) is 0. The molecular weight excluding hydrogens is 99.5 g/mol. The van der Waals surface area contributed by atoms with Crippen molar-refractivity contribution in [2.45, 2.75) is 0 Å². The molecule has 0 saturated heterocycles. The third-order valence-electron chi connectivity index (χ3n) is 0.357. The lowest BCUT2D eigenvalue weighted by Gasteiger charge is -1.82. The van der Waals surface area contributed by atoms with Gasteiger partial charge in [0.15, 0.2) is 0 Å². The van der Waals surface area contributed by atoms with Crippen LogP contribution in [0.1, 0.15) is 0 Å². The summed E-state index contributed by atoms with van der Waals surface area (Å²) in [6, 6.07) is 0. The molecule has 0 aliphatic rings. The Bertz CT molecular complexity index is 58.6. The Labute approximate surface area is 42.2 Å². The van der Waals surface area contributed by atoms with Crippen LogP contribution in [-0.4, -0.2) is 11.7 Å². The molecule has 1 N–H and O–H groups in total. The fourth-order valence-electron chi connectivity index (χ4n) is 0.0345. The number of halogens is 1. The molecule has 6 heavy (non-hydrogen) atoms. The van der Waals surface area contributed by atoms with Gasteiger partial charge in [-0.25, -0.2) is 0 Å². The predicted molar refractivity (Wildman–Crippen MR) is 26.4 cm³/mol. The van der Waals surface area contributed by atoms with Gasteiger partial charge in [-0.3, -0.25) is 0 Å². The number of hydrogen-bond donors (Lipinski definition) is 1. The Balaban J connectivity index is 3.22. The van der Waals surface area contributed by atoms with Crippen molar-refractivity contribution < 1.29 is 5.11 Å². The third kappa shape index (κ3) is 2.24. The van der Waals surface area contributed by atoms with Crippen LogP contribution in [0.25, 0.3) is 0 Å². The summed E-state index contributed by atoms with van der Waals surface area (Å²) in [4.78, 5) is 0. The van der Waals surface area contributed by atoms with Gasteiger partial charge < -0.3 is 5.11 Å². The smallest absolute Gasteiger partial charge is 0.0653 e. The normalized spacial score (nSPS) is 12.2. The van der Waals surface area contributed by atoms with Crippen molar-refractivity contribution in [1.82, 2.24) is 0 Å². The SMILES string of the molecule is [CH2]C(=CCl)CO. The molecule has 0 fully saturated rings. The topological polar surface area (TPSA) is 20.2 Å². The molecule has 0 aromatic heterocycles. The number of aliphatic hydroxyl groups excluding tert-OH is 1. The molecule has 0 rings (SSSR count). The van der Waals surface area contributed by atoms with E-state index in [0.717, 1.165) is 0 Å². The summed E-state index contributed by atoms with van der Waals surface area (Å²) in [6.07, 6.45) is 0. The van der Waals surface area contributed by atoms with E-state index < -0.39 is 0 Å². The summed E-state index contributed by atoms with van der Waals surface area (Å²) >= 11 is 5.07. The van der Waals surface area contributed by atoms with Gasteiger partial charge in [-0.2, -0.15) is 0 Å². The fraction of sp³-hybridized carbons (Fsp3) is 0.250. The van der Waals surface area contributed by atoms with Crippen LogP contribution in [0.15, 0.2) is 11.1 Å². The van der Waals surface area contributed by atoms with Crippen molar-refractivity contribution in [3.05, 3.63) is 18.0 Å². The molecule has 0 aromatic carbocycles. The van der Waals surface area contributed by atoms with Crippen molar-refractivity contribution in [3.8, 4) is 0 Å². The molecule has 0 heterocycles. The summed E-state index contributed by atoms with van der Waals surface area (Å²) in [5, 5.41) is 8.12. The van der Waals surface area contributed by atoms with Gasteiger partial charge >= 0.3 is 0 Å². The van der Waals surface area contributed by atoms with E-state index >= 15 is 0 Å². The van der Waals surface area contributed by atoms with Crippen LogP contribution in [-0.2, 0) is 0 Å². The van der Waals surface area contributed by atoms with Crippen molar-refractivity contribution >= 4 is 11.6 Å². The second-order valence-electron chi connectivity index (χ2n) is 0.925. The highest BCUT2D eigenvalue weighted by molar-refractivity contribution is 6.25. The Kier molecular flexibility index (Phi) is 3.19. The van der Waals surface area contributed by atoms with Crippen LogP contribution in [0.4, 0.5) is 0 Å². The van der Waals surface area contributed by atoms with Gasteiger partial charge in [0, 0.05) is 5.54 Å². The summed E-state index contributed by atoms with van der Waals surface area (Å²) in [6.45, 7) is 3.30. The van der Waals surface area contributed by atoms with Gasteiger partial charge in [0.25, 0.3) is 0 Å². The Morgan fingerprint density at radius 1 is 2.00 bits per heavy atom. The van der Waals surface area contributed by atoms with Crippen LogP contribution < -0.4 is 0 Å². The van der Waals surface area contributed by atoms with Gasteiger partial charge in [-0.1, -0.05) is 11.6 Å². The highest BCUT2D eigenvalue weighted by Gasteiger charge is 1.76. The average Bonchev–Trinajstić information content (AvgIpc) is 1.65. The second kappa shape index (κ2) is 3.19. The van der Waals surface area contributed by atoms with E-state index in [1.807, 2.05) is 0 Å². The van der Waals surface area contributed by atoms with Crippen LogP contribution in [0, 0.1) is 6.92 Å². The first-order chi connectivity index (χ1) is 2.81. The molecule has 0 unspecified atom stereocenters. The van der Waals surface area contributed by atoms with Gasteiger partial charge in [-0.05, 0) is 12.5 Å². The van der Waals surface area contributed by atoms with Crippen LogP contribution >= 0.6 is 11.6 Å². The van der Waals surface area contributed by atoms with Crippen molar-refractivity contribution in [3.63, 3.8) is 0 Å². The van der Waals surface area contributed by atoms with Crippen molar-refractivity contribution in [1.29, 1.82) is 0 Å². The van der Waals surface area contributed by atoms with Gasteiger partial charge in [0.05, 0.1) is 6.61 Å². The predicted octanol–water partition coefficient (Wildman–Crippen LogP) is 0.935. The van der Waals surface area contributed by atoms with Crippen LogP contribution in [0.2, 0.25) is 0 Å². The largest absolute Gasteiger partial charge is 0.392 e. The average molecular weight is 106 g/mol. The first-order valence-corrected chi connectivity index (χ1v) is 1.97. The number of hydrogen-bond acceptors (Lipinski definition) is 1. The molecule has 1 nitrogen and oxygen atoms in total. The monoisotopic (exact) mass is 105 g/mol. The zero-order chi connectivity index (χ0) is 4.99. The highest BCUT2D eigenvalue weighted by Crippen LogP contribution is 1.89. The first kappa shape index (κ1) is 5.99. The lowest BCUT2D eigenvalue weighted by atomic mass is 10.4. The van der Waals surface area contributed by atoms with Crippen LogP contribution in [0.5, 0.6) is 0 Å². The molecule has 0 saturated carbocycles. The minimum atomic E-state index is -0.0521. The van der Waals surface area contributed by atoms with Gasteiger partial charge in [0.1, 0.15) is 0 Å². The fourth-order valence-corrected chi connectivity index (χ4v) is 0.104. The maximum Gasteiger partial charge on any atom is 0.0653 e. The second-order valence-corrected chi connectivity index (χ2v) is 1.14. The molecular formula is C4H6ClO. The molecule has 0 aliphatic heterocycles. The Morgan fingerprint density at radius 2 is 2.50 bits per heavy atom. The molecule has 35 valence electrons. The minimum Gasteiger partial charge on any atom is -0.392 e. The third-order valence-corrected chi connectivity index (χ3v) is 0.666. The van der Waals surface area contributed by atoms with Gasteiger partial charge in [0.2, 0.25) is 0 Å². The lowest BCUT2D eigenvalue weighted by Crippen LogP contribution is -1.79. The molecule has 1 radical (unpaired) electrons. The molecule has 0 spiro atoms. The van der Waals surface area contributed by atoms with E-state index in [0.29, 0.717) is 5.57 Å². The minimum absolute atomic E-state index is 0.0521. The van der Waals surface area contributed by atoms with E-state index in [2.05, 4.69) is 6.92 Å². The van der Waals surface area contributed by atoms with Gasteiger partial charge in [-0.15, -0.1) is 0 Å². The molecule has 2 heteroatoms. The van der Waals surface area contributed by atoms with E-state index in [1.54, 1.807) is 0 Å². The maximum absolute atomic E-state index is 8.12. The summed E-state index contributed by atoms with van der Waals surface area (Å²) in [5.74, 6) is 0. The van der Waals surface area contributed by atoms with E-state index in [1.165, 1.54) is 5.54 Å². The standard InChI is InChI=1S/C4H6ClO/c1-4(2-5)3-6/h2,6H,1,3H2.